The first-order valence-electron chi connectivity index (χ1n) is 6.91. The van der Waals surface area contributed by atoms with E-state index >= 15 is 0 Å². The third kappa shape index (κ3) is 4.02. The van der Waals surface area contributed by atoms with Gasteiger partial charge in [0.2, 0.25) is 5.16 Å². The molecule has 3 rings (SSSR count). The fourth-order valence-corrected chi connectivity index (χ4v) is 4.40. The molecular formula is C13H14N6O2S3. The number of aromatic nitrogens is 6. The van der Waals surface area contributed by atoms with Crippen molar-refractivity contribution in [2.75, 3.05) is 12.9 Å². The molecule has 0 aliphatic rings. The molecular weight excluding hydrogens is 368 g/mol. The van der Waals surface area contributed by atoms with Gasteiger partial charge in [-0.2, -0.15) is 4.98 Å². The minimum atomic E-state index is -0.279. The molecule has 0 amide bonds. The van der Waals surface area contributed by atoms with Crippen molar-refractivity contribution in [3.8, 4) is 0 Å². The van der Waals surface area contributed by atoms with E-state index in [1.54, 1.807) is 4.52 Å². The van der Waals surface area contributed by atoms with Crippen LogP contribution in [0.5, 0.6) is 0 Å². The Labute approximate surface area is 150 Å². The molecule has 0 unspecified atom stereocenters. The molecule has 3 aromatic heterocycles. The van der Waals surface area contributed by atoms with Crippen molar-refractivity contribution in [2.24, 2.45) is 0 Å². The fourth-order valence-electron chi connectivity index (χ4n) is 1.87. The van der Waals surface area contributed by atoms with Gasteiger partial charge in [0.05, 0.1) is 18.6 Å². The Hall–Kier alpha value is -1.72. The first-order chi connectivity index (χ1) is 11.5. The molecule has 11 heteroatoms. The molecule has 0 radical (unpaired) electrons. The maximum atomic E-state index is 11.1. The maximum Gasteiger partial charge on any atom is 0.316 e. The zero-order valence-corrected chi connectivity index (χ0v) is 15.7. The number of fused-ring (bicyclic) bond motifs is 1. The van der Waals surface area contributed by atoms with Gasteiger partial charge in [-0.05, 0) is 19.9 Å². The lowest BCUT2D eigenvalue weighted by Gasteiger charge is -1.97. The largest absolute Gasteiger partial charge is 0.468 e. The van der Waals surface area contributed by atoms with Crippen LogP contribution in [0.3, 0.4) is 0 Å². The summed E-state index contributed by atoms with van der Waals surface area (Å²) in [6.45, 7) is 3.91. The zero-order chi connectivity index (χ0) is 17.1. The zero-order valence-electron chi connectivity index (χ0n) is 13.2. The third-order valence-corrected chi connectivity index (χ3v) is 5.97. The van der Waals surface area contributed by atoms with E-state index in [-0.39, 0.29) is 11.7 Å². The van der Waals surface area contributed by atoms with Crippen LogP contribution < -0.4 is 0 Å². The van der Waals surface area contributed by atoms with Crippen LogP contribution in [-0.2, 0) is 15.3 Å². The van der Waals surface area contributed by atoms with E-state index in [1.165, 1.54) is 42.0 Å². The average Bonchev–Trinajstić information content (AvgIpc) is 3.17. The van der Waals surface area contributed by atoms with Crippen LogP contribution >= 0.6 is 34.9 Å². The minimum Gasteiger partial charge on any atom is -0.468 e. The van der Waals surface area contributed by atoms with Crippen LogP contribution in [0.4, 0.5) is 0 Å². The summed E-state index contributed by atoms with van der Waals surface area (Å²) in [6, 6.07) is 1.96. The summed E-state index contributed by atoms with van der Waals surface area (Å²) in [7, 11) is 1.37. The van der Waals surface area contributed by atoms with Gasteiger partial charge in [0, 0.05) is 11.4 Å². The summed E-state index contributed by atoms with van der Waals surface area (Å²) in [4.78, 5) is 19.9. The first kappa shape index (κ1) is 17.1. The second-order valence-corrected chi connectivity index (χ2v) is 7.99. The SMILES string of the molecule is COC(=O)CSc1nnc(CSc2nc3nc(C)cc(C)n3n2)s1. The van der Waals surface area contributed by atoms with Crippen molar-refractivity contribution in [1.29, 1.82) is 0 Å². The molecule has 0 saturated carbocycles. The molecule has 0 aromatic carbocycles. The number of aryl methyl sites for hydroxylation is 2. The van der Waals surface area contributed by atoms with E-state index in [0.717, 1.165) is 20.7 Å². The van der Waals surface area contributed by atoms with E-state index in [9.17, 15) is 4.79 Å². The van der Waals surface area contributed by atoms with Crippen LogP contribution in [0.1, 0.15) is 16.4 Å². The number of hydrogen-bond donors (Lipinski definition) is 0. The van der Waals surface area contributed by atoms with E-state index in [1.807, 2.05) is 19.9 Å². The predicted octanol–water partition coefficient (Wildman–Crippen LogP) is 2.15. The normalized spacial score (nSPS) is 11.1. The Morgan fingerprint density at radius 2 is 2.12 bits per heavy atom. The number of thioether (sulfide) groups is 2. The summed E-state index contributed by atoms with van der Waals surface area (Å²) in [5.41, 5.74) is 1.91. The number of carbonyl (C=O) groups excluding carboxylic acids is 1. The van der Waals surface area contributed by atoms with Crippen LogP contribution in [-0.4, -0.2) is 48.6 Å². The van der Waals surface area contributed by atoms with Crippen molar-refractivity contribution >= 4 is 46.6 Å². The van der Waals surface area contributed by atoms with Crippen LogP contribution in [0, 0.1) is 13.8 Å². The second-order valence-electron chi connectivity index (χ2n) is 4.76. The third-order valence-electron chi connectivity index (χ3n) is 2.91. The van der Waals surface area contributed by atoms with Crippen LogP contribution in [0.25, 0.3) is 5.78 Å². The standard InChI is InChI=1S/C13H14N6O2S3/c1-7-4-8(2)19-11(14-7)15-12(18-19)22-5-9-16-17-13(24-9)23-6-10(20)21-3/h4H,5-6H2,1-3H3. The number of rotatable bonds is 6. The number of ether oxygens (including phenoxy) is 1. The number of carbonyl (C=O) groups is 1. The number of hydrogen-bond acceptors (Lipinski definition) is 10. The molecule has 0 bridgehead atoms. The molecule has 0 N–H and O–H groups in total. The summed E-state index contributed by atoms with van der Waals surface area (Å²) in [5.74, 6) is 1.17. The molecule has 0 saturated heterocycles. The number of esters is 1. The molecule has 126 valence electrons. The Morgan fingerprint density at radius 1 is 1.29 bits per heavy atom. The molecule has 0 atom stereocenters. The highest BCUT2D eigenvalue weighted by atomic mass is 32.2. The van der Waals surface area contributed by atoms with Crippen molar-refractivity contribution in [2.45, 2.75) is 29.1 Å². The van der Waals surface area contributed by atoms with E-state index in [0.29, 0.717) is 16.7 Å². The van der Waals surface area contributed by atoms with Crippen LogP contribution in [0.2, 0.25) is 0 Å². The number of methoxy groups -OCH3 is 1. The summed E-state index contributed by atoms with van der Waals surface area (Å²) >= 11 is 4.25. The minimum absolute atomic E-state index is 0.233. The Balaban J connectivity index is 1.63. The van der Waals surface area contributed by atoms with Gasteiger partial charge in [-0.3, -0.25) is 4.79 Å². The molecule has 0 spiro atoms. The second kappa shape index (κ2) is 7.45. The lowest BCUT2D eigenvalue weighted by Crippen LogP contribution is -2.02. The van der Waals surface area contributed by atoms with Gasteiger partial charge in [0.25, 0.3) is 5.78 Å². The topological polar surface area (TPSA) is 95.2 Å². The van der Waals surface area contributed by atoms with Gasteiger partial charge in [-0.25, -0.2) is 9.50 Å². The molecule has 24 heavy (non-hydrogen) atoms. The first-order valence-corrected chi connectivity index (χ1v) is 9.69. The highest BCUT2D eigenvalue weighted by molar-refractivity contribution is 8.01. The van der Waals surface area contributed by atoms with Crippen molar-refractivity contribution in [3.05, 3.63) is 22.5 Å². The van der Waals surface area contributed by atoms with Gasteiger partial charge in [0.15, 0.2) is 4.34 Å². The quantitative estimate of drug-likeness (QED) is 0.469. The Bertz CT molecular complexity index is 878. The van der Waals surface area contributed by atoms with Gasteiger partial charge < -0.3 is 4.74 Å². The Kier molecular flexibility index (Phi) is 5.31. The highest BCUT2D eigenvalue weighted by Gasteiger charge is 2.12. The van der Waals surface area contributed by atoms with Gasteiger partial charge in [0.1, 0.15) is 5.01 Å². The Morgan fingerprint density at radius 3 is 2.92 bits per heavy atom. The van der Waals surface area contributed by atoms with E-state index in [2.05, 4.69) is 30.0 Å². The summed E-state index contributed by atoms with van der Waals surface area (Å²) in [5, 5.41) is 14.1. The molecule has 8 nitrogen and oxygen atoms in total. The maximum absolute atomic E-state index is 11.1. The van der Waals surface area contributed by atoms with Gasteiger partial charge in [-0.1, -0.05) is 34.9 Å². The fraction of sp³-hybridized carbons (Fsp3) is 0.385. The average molecular weight is 382 g/mol. The monoisotopic (exact) mass is 382 g/mol. The highest BCUT2D eigenvalue weighted by Crippen LogP contribution is 2.27. The summed E-state index contributed by atoms with van der Waals surface area (Å²) < 4.78 is 7.07. The van der Waals surface area contributed by atoms with Crippen molar-refractivity contribution in [3.63, 3.8) is 0 Å². The van der Waals surface area contributed by atoms with Gasteiger partial charge >= 0.3 is 5.97 Å². The smallest absolute Gasteiger partial charge is 0.316 e. The molecule has 0 aliphatic heterocycles. The lowest BCUT2D eigenvalue weighted by atomic mass is 10.4. The molecule has 3 heterocycles. The predicted molar refractivity (Wildman–Crippen MR) is 92.5 cm³/mol. The molecule has 0 aliphatic carbocycles. The molecule has 0 fully saturated rings. The van der Waals surface area contributed by atoms with Crippen molar-refractivity contribution in [1.82, 2.24) is 29.8 Å². The van der Waals surface area contributed by atoms with E-state index in [4.69, 9.17) is 0 Å². The van der Waals surface area contributed by atoms with E-state index < -0.39 is 0 Å². The molecule has 3 aromatic rings. The van der Waals surface area contributed by atoms with Gasteiger partial charge in [-0.15, -0.1) is 15.3 Å². The van der Waals surface area contributed by atoms with Crippen LogP contribution in [0.15, 0.2) is 15.6 Å². The van der Waals surface area contributed by atoms with Crippen molar-refractivity contribution < 1.29 is 9.53 Å². The lowest BCUT2D eigenvalue weighted by molar-refractivity contribution is -0.137. The summed E-state index contributed by atoms with van der Waals surface area (Å²) in [6.07, 6.45) is 0. The number of nitrogens with zero attached hydrogens (tertiary/aromatic N) is 6.